The van der Waals surface area contributed by atoms with E-state index in [1.54, 1.807) is 12.1 Å². The van der Waals surface area contributed by atoms with Crippen molar-refractivity contribution >= 4 is 12.1 Å². The summed E-state index contributed by atoms with van der Waals surface area (Å²) in [7, 11) is 0. The molecule has 0 radical (unpaired) electrons. The first kappa shape index (κ1) is 19.1. The number of nitrogens with two attached hydrogens (primary N) is 1. The molecule has 6 nitrogen and oxygen atoms in total. The van der Waals surface area contributed by atoms with Crippen LogP contribution in [0.5, 0.6) is 0 Å². The Bertz CT molecular complexity index is 854. The molecular formula is C21H28FN5O. The van der Waals surface area contributed by atoms with Crippen LogP contribution in [0.15, 0.2) is 24.3 Å². The summed E-state index contributed by atoms with van der Waals surface area (Å²) in [6.45, 7) is 5.45. The second kappa shape index (κ2) is 7.29. The Kier molecular flexibility index (Phi) is 4.97. The summed E-state index contributed by atoms with van der Waals surface area (Å²) in [5, 5.41) is 3.71. The maximum absolute atomic E-state index is 13.5. The van der Waals surface area contributed by atoms with Gasteiger partial charge in [-0.1, -0.05) is 12.8 Å². The summed E-state index contributed by atoms with van der Waals surface area (Å²) in [5.74, 6) is 1.60. The molecule has 7 heteroatoms. The van der Waals surface area contributed by atoms with Gasteiger partial charge in [0.2, 0.25) is 0 Å². The fourth-order valence-electron chi connectivity index (χ4n) is 4.57. The molecule has 1 saturated carbocycles. The summed E-state index contributed by atoms with van der Waals surface area (Å²) in [5.41, 5.74) is 7.26. The number of nitrogens with zero attached hydrogens (tertiary/aromatic N) is 3. The second-order valence-corrected chi connectivity index (χ2v) is 8.30. The Morgan fingerprint density at radius 3 is 2.57 bits per heavy atom. The number of anilines is 1. The van der Waals surface area contributed by atoms with E-state index in [4.69, 9.17) is 10.7 Å². The van der Waals surface area contributed by atoms with Crippen molar-refractivity contribution in [3.05, 3.63) is 35.9 Å². The number of carbonyl (C=O) groups is 1. The van der Waals surface area contributed by atoms with Crippen molar-refractivity contribution in [3.63, 3.8) is 0 Å². The van der Waals surface area contributed by atoms with Crippen molar-refractivity contribution < 1.29 is 9.18 Å². The minimum atomic E-state index is -0.666. The quantitative estimate of drug-likeness (QED) is 0.774. The van der Waals surface area contributed by atoms with Gasteiger partial charge in [-0.05, 0) is 51.0 Å². The number of hydrogen-bond donors (Lipinski definition) is 2. The Balaban J connectivity index is 1.81. The minimum Gasteiger partial charge on any atom is -0.367 e. The SMILES string of the molecule is CC1(C)c2nc(-c3ccc(F)cc3)c(NC3CCCC3)n2CCN1C(N)C=O. The summed E-state index contributed by atoms with van der Waals surface area (Å²) in [4.78, 5) is 18.3. The molecule has 1 aromatic carbocycles. The summed E-state index contributed by atoms with van der Waals surface area (Å²) >= 11 is 0. The Labute approximate surface area is 164 Å². The standard InChI is InChI=1S/C21H28FN5O/c1-21(2)20-25-18(14-7-9-15(22)10-8-14)19(24-16-5-3-4-6-16)26(20)11-12-27(21)17(23)13-28/h7-10,13,16-17,24H,3-6,11-12,23H2,1-2H3. The normalized spacial score (nSPS) is 20.7. The molecule has 3 N–H and O–H groups in total. The third-order valence-corrected chi connectivity index (χ3v) is 6.11. The second-order valence-electron chi connectivity index (χ2n) is 8.30. The maximum Gasteiger partial charge on any atom is 0.151 e. The minimum absolute atomic E-state index is 0.263. The number of rotatable bonds is 5. The first-order valence-corrected chi connectivity index (χ1v) is 10.0. The van der Waals surface area contributed by atoms with Crippen LogP contribution in [0.3, 0.4) is 0 Å². The lowest BCUT2D eigenvalue weighted by Gasteiger charge is -2.44. The van der Waals surface area contributed by atoms with Gasteiger partial charge in [-0.25, -0.2) is 9.37 Å². The molecule has 28 heavy (non-hydrogen) atoms. The lowest BCUT2D eigenvalue weighted by atomic mass is 9.98. The first-order valence-electron chi connectivity index (χ1n) is 10.0. The molecule has 1 aliphatic heterocycles. The number of benzene rings is 1. The largest absolute Gasteiger partial charge is 0.367 e. The number of carbonyl (C=O) groups excluding carboxylic acids is 1. The molecule has 0 spiro atoms. The van der Waals surface area contributed by atoms with Gasteiger partial charge < -0.3 is 20.4 Å². The molecule has 2 heterocycles. The van der Waals surface area contributed by atoms with Crippen molar-refractivity contribution in [3.8, 4) is 11.3 Å². The van der Waals surface area contributed by atoms with Gasteiger partial charge in [0.25, 0.3) is 0 Å². The summed E-state index contributed by atoms with van der Waals surface area (Å²) in [6, 6.07) is 6.90. The summed E-state index contributed by atoms with van der Waals surface area (Å²) < 4.78 is 15.7. The van der Waals surface area contributed by atoms with Crippen LogP contribution in [0.4, 0.5) is 10.2 Å². The van der Waals surface area contributed by atoms with Crippen molar-refractivity contribution in [2.24, 2.45) is 5.73 Å². The number of aromatic nitrogens is 2. The fourth-order valence-corrected chi connectivity index (χ4v) is 4.57. The zero-order valence-corrected chi connectivity index (χ0v) is 16.5. The number of halogens is 1. The van der Waals surface area contributed by atoms with Crippen LogP contribution >= 0.6 is 0 Å². The van der Waals surface area contributed by atoms with Crippen molar-refractivity contribution in [2.45, 2.75) is 63.8 Å². The van der Waals surface area contributed by atoms with E-state index < -0.39 is 11.7 Å². The first-order chi connectivity index (χ1) is 13.4. The highest BCUT2D eigenvalue weighted by molar-refractivity contribution is 5.73. The maximum atomic E-state index is 13.5. The van der Waals surface area contributed by atoms with Gasteiger partial charge in [-0.2, -0.15) is 0 Å². The van der Waals surface area contributed by atoms with Crippen LogP contribution in [0.1, 0.15) is 45.4 Å². The highest BCUT2D eigenvalue weighted by Gasteiger charge is 2.41. The van der Waals surface area contributed by atoms with Gasteiger partial charge in [-0.3, -0.25) is 4.90 Å². The van der Waals surface area contributed by atoms with E-state index in [9.17, 15) is 9.18 Å². The Hall–Kier alpha value is -2.25. The molecule has 1 atom stereocenters. The van der Waals surface area contributed by atoms with Gasteiger partial charge in [0.15, 0.2) is 6.29 Å². The molecule has 1 fully saturated rings. The smallest absolute Gasteiger partial charge is 0.151 e. The van der Waals surface area contributed by atoms with Gasteiger partial charge in [0.05, 0.1) is 5.54 Å². The van der Waals surface area contributed by atoms with E-state index in [1.807, 2.05) is 18.7 Å². The van der Waals surface area contributed by atoms with Crippen LogP contribution < -0.4 is 11.1 Å². The average Bonchev–Trinajstić information content (AvgIpc) is 3.31. The fraction of sp³-hybridized carbons (Fsp3) is 0.524. The third kappa shape index (κ3) is 3.22. The molecule has 0 bridgehead atoms. The molecule has 150 valence electrons. The monoisotopic (exact) mass is 385 g/mol. The van der Waals surface area contributed by atoms with E-state index >= 15 is 0 Å². The molecule has 1 unspecified atom stereocenters. The van der Waals surface area contributed by atoms with E-state index in [2.05, 4.69) is 9.88 Å². The zero-order chi connectivity index (χ0) is 19.9. The predicted octanol–water partition coefficient (Wildman–Crippen LogP) is 3.08. The van der Waals surface area contributed by atoms with E-state index in [-0.39, 0.29) is 5.82 Å². The van der Waals surface area contributed by atoms with Crippen molar-refractivity contribution in [1.82, 2.24) is 14.5 Å². The number of fused-ring (bicyclic) bond motifs is 1. The van der Waals surface area contributed by atoms with E-state index in [0.29, 0.717) is 19.1 Å². The van der Waals surface area contributed by atoms with Gasteiger partial charge in [0.1, 0.15) is 29.3 Å². The molecule has 1 aromatic heterocycles. The number of aldehydes is 1. The topological polar surface area (TPSA) is 76.2 Å². The lowest BCUT2D eigenvalue weighted by Crippen LogP contribution is -2.57. The highest BCUT2D eigenvalue weighted by atomic mass is 19.1. The van der Waals surface area contributed by atoms with Crippen LogP contribution in [-0.4, -0.2) is 39.5 Å². The molecule has 0 amide bonds. The number of nitrogens with one attached hydrogen (secondary N) is 1. The van der Waals surface area contributed by atoms with Gasteiger partial charge in [-0.15, -0.1) is 0 Å². The van der Waals surface area contributed by atoms with Gasteiger partial charge >= 0.3 is 0 Å². The zero-order valence-electron chi connectivity index (χ0n) is 16.5. The third-order valence-electron chi connectivity index (χ3n) is 6.11. The summed E-state index contributed by atoms with van der Waals surface area (Å²) in [6.07, 6.45) is 4.87. The molecule has 1 aliphatic carbocycles. The Morgan fingerprint density at radius 2 is 1.93 bits per heavy atom. The lowest BCUT2D eigenvalue weighted by molar-refractivity contribution is -0.115. The van der Waals surface area contributed by atoms with Crippen LogP contribution in [0, 0.1) is 5.82 Å². The molecular weight excluding hydrogens is 357 g/mol. The van der Waals surface area contributed by atoms with Crippen LogP contribution in [0.25, 0.3) is 11.3 Å². The van der Waals surface area contributed by atoms with E-state index in [0.717, 1.165) is 42.0 Å². The Morgan fingerprint density at radius 1 is 1.25 bits per heavy atom. The van der Waals surface area contributed by atoms with Crippen molar-refractivity contribution in [1.29, 1.82) is 0 Å². The van der Waals surface area contributed by atoms with Crippen LogP contribution in [0.2, 0.25) is 0 Å². The molecule has 2 aliphatic rings. The van der Waals surface area contributed by atoms with Gasteiger partial charge in [0, 0.05) is 24.7 Å². The molecule has 4 rings (SSSR count). The van der Waals surface area contributed by atoms with Crippen molar-refractivity contribution in [2.75, 3.05) is 11.9 Å². The molecule has 2 aromatic rings. The highest BCUT2D eigenvalue weighted by Crippen LogP contribution is 2.39. The van der Waals surface area contributed by atoms with E-state index in [1.165, 1.54) is 25.0 Å². The number of hydrogen-bond acceptors (Lipinski definition) is 5. The average molecular weight is 385 g/mol. The van der Waals surface area contributed by atoms with Crippen LogP contribution in [-0.2, 0) is 16.9 Å². The molecule has 0 saturated heterocycles. The number of imidazole rings is 1. The predicted molar refractivity (Wildman–Crippen MR) is 107 cm³/mol.